The highest BCUT2D eigenvalue weighted by atomic mass is 16.5. The van der Waals surface area contributed by atoms with E-state index in [4.69, 9.17) is 10.5 Å². The number of hydrogen-bond donors (Lipinski definition) is 1. The summed E-state index contributed by atoms with van der Waals surface area (Å²) in [7, 11) is 0. The van der Waals surface area contributed by atoms with E-state index in [2.05, 4.69) is 13.8 Å². The molecule has 1 unspecified atom stereocenters. The molecule has 2 heteroatoms. The van der Waals surface area contributed by atoms with Crippen LogP contribution in [0.2, 0.25) is 0 Å². The van der Waals surface area contributed by atoms with Gasteiger partial charge in [0.15, 0.2) is 0 Å². The van der Waals surface area contributed by atoms with Crippen LogP contribution in [-0.2, 0) is 4.74 Å². The third-order valence-corrected chi connectivity index (χ3v) is 2.34. The van der Waals surface area contributed by atoms with Crippen LogP contribution in [0.5, 0.6) is 0 Å². The van der Waals surface area contributed by atoms with E-state index in [1.54, 1.807) is 0 Å². The third kappa shape index (κ3) is 3.82. The van der Waals surface area contributed by atoms with Crippen molar-refractivity contribution in [3.05, 3.63) is 35.8 Å². The van der Waals surface area contributed by atoms with Gasteiger partial charge in [0.1, 0.15) is 11.9 Å². The molecular weight excluding hydrogens is 186 g/mol. The van der Waals surface area contributed by atoms with Gasteiger partial charge in [-0.15, -0.1) is 0 Å². The van der Waals surface area contributed by atoms with E-state index in [1.807, 2.05) is 31.2 Å². The minimum atomic E-state index is 0.273. The first kappa shape index (κ1) is 11.9. The van der Waals surface area contributed by atoms with Crippen molar-refractivity contribution < 1.29 is 4.74 Å². The van der Waals surface area contributed by atoms with Gasteiger partial charge in [-0.2, -0.15) is 0 Å². The Morgan fingerprint density at radius 3 is 2.80 bits per heavy atom. The van der Waals surface area contributed by atoms with Crippen molar-refractivity contribution in [2.24, 2.45) is 11.7 Å². The van der Waals surface area contributed by atoms with Gasteiger partial charge in [-0.25, -0.2) is 0 Å². The standard InChI is InChI=1S/C13H21NO/c1-4-5-6-7-13-12(14)9-11(15-13)8-10(2)3/h4-7,10-11H,8-9,14H2,1-3H3/b5-4-,7-6-. The molecule has 2 nitrogen and oxygen atoms in total. The first-order valence-electron chi connectivity index (χ1n) is 5.58. The summed E-state index contributed by atoms with van der Waals surface area (Å²) in [6, 6.07) is 0. The van der Waals surface area contributed by atoms with Crippen molar-refractivity contribution in [3.63, 3.8) is 0 Å². The summed E-state index contributed by atoms with van der Waals surface area (Å²) in [6.07, 6.45) is 10.1. The Hall–Kier alpha value is -1.18. The topological polar surface area (TPSA) is 35.2 Å². The van der Waals surface area contributed by atoms with E-state index in [1.165, 1.54) is 0 Å². The summed E-state index contributed by atoms with van der Waals surface area (Å²) >= 11 is 0. The smallest absolute Gasteiger partial charge is 0.138 e. The van der Waals surface area contributed by atoms with Crippen molar-refractivity contribution >= 4 is 0 Å². The van der Waals surface area contributed by atoms with Gasteiger partial charge in [0, 0.05) is 6.42 Å². The first-order valence-corrected chi connectivity index (χ1v) is 5.58. The van der Waals surface area contributed by atoms with Gasteiger partial charge in [-0.3, -0.25) is 0 Å². The summed E-state index contributed by atoms with van der Waals surface area (Å²) in [4.78, 5) is 0. The SMILES string of the molecule is C/C=C\C=C/C1=C(N)CC(CC(C)C)O1. The van der Waals surface area contributed by atoms with Gasteiger partial charge in [-0.05, 0) is 25.3 Å². The summed E-state index contributed by atoms with van der Waals surface area (Å²) < 4.78 is 5.77. The largest absolute Gasteiger partial charge is 0.488 e. The highest BCUT2D eigenvalue weighted by Crippen LogP contribution is 2.26. The van der Waals surface area contributed by atoms with Gasteiger partial charge >= 0.3 is 0 Å². The zero-order chi connectivity index (χ0) is 11.3. The Labute approximate surface area is 92.5 Å². The van der Waals surface area contributed by atoms with Crippen molar-refractivity contribution in [1.29, 1.82) is 0 Å². The van der Waals surface area contributed by atoms with E-state index in [-0.39, 0.29) is 6.10 Å². The molecular formula is C13H21NO. The van der Waals surface area contributed by atoms with Gasteiger partial charge in [0.25, 0.3) is 0 Å². The fourth-order valence-electron chi connectivity index (χ4n) is 1.70. The van der Waals surface area contributed by atoms with E-state index in [0.717, 1.165) is 24.3 Å². The molecule has 0 fully saturated rings. The molecule has 1 aliphatic rings. The van der Waals surface area contributed by atoms with E-state index < -0.39 is 0 Å². The Kier molecular flexibility index (Phi) is 4.47. The molecule has 1 aliphatic heterocycles. The number of ether oxygens (including phenoxy) is 1. The second-order valence-electron chi connectivity index (χ2n) is 4.35. The number of allylic oxidation sites excluding steroid dienone is 4. The lowest BCUT2D eigenvalue weighted by atomic mass is 10.0. The average molecular weight is 207 g/mol. The Morgan fingerprint density at radius 1 is 1.47 bits per heavy atom. The normalized spacial score (nSPS) is 22.3. The molecule has 2 N–H and O–H groups in total. The fourth-order valence-corrected chi connectivity index (χ4v) is 1.70. The molecule has 0 saturated carbocycles. The first-order chi connectivity index (χ1) is 7.13. The summed E-state index contributed by atoms with van der Waals surface area (Å²) in [5.74, 6) is 1.50. The minimum Gasteiger partial charge on any atom is -0.488 e. The summed E-state index contributed by atoms with van der Waals surface area (Å²) in [5, 5.41) is 0. The third-order valence-electron chi connectivity index (χ3n) is 2.34. The van der Waals surface area contributed by atoms with Crippen LogP contribution in [0.1, 0.15) is 33.6 Å². The van der Waals surface area contributed by atoms with Crippen molar-refractivity contribution in [2.45, 2.75) is 39.7 Å². The average Bonchev–Trinajstić information content (AvgIpc) is 2.46. The maximum absolute atomic E-state index is 5.91. The molecule has 15 heavy (non-hydrogen) atoms. The van der Waals surface area contributed by atoms with E-state index in [9.17, 15) is 0 Å². The second-order valence-corrected chi connectivity index (χ2v) is 4.35. The number of hydrogen-bond acceptors (Lipinski definition) is 2. The fraction of sp³-hybridized carbons (Fsp3) is 0.538. The Balaban J connectivity index is 2.50. The van der Waals surface area contributed by atoms with Crippen LogP contribution in [0.25, 0.3) is 0 Å². The molecule has 0 spiro atoms. The molecule has 0 aromatic heterocycles. The minimum absolute atomic E-state index is 0.273. The van der Waals surface area contributed by atoms with Gasteiger partial charge in [0.05, 0.1) is 5.70 Å². The zero-order valence-corrected chi connectivity index (χ0v) is 9.86. The number of nitrogens with two attached hydrogens (primary N) is 1. The van der Waals surface area contributed by atoms with Crippen LogP contribution in [-0.4, -0.2) is 6.10 Å². The van der Waals surface area contributed by atoms with Crippen LogP contribution < -0.4 is 5.73 Å². The molecule has 0 bridgehead atoms. The molecule has 0 radical (unpaired) electrons. The zero-order valence-electron chi connectivity index (χ0n) is 9.86. The molecule has 0 saturated heterocycles. The van der Waals surface area contributed by atoms with Gasteiger partial charge < -0.3 is 10.5 Å². The van der Waals surface area contributed by atoms with Crippen molar-refractivity contribution in [1.82, 2.24) is 0 Å². The maximum Gasteiger partial charge on any atom is 0.138 e. The van der Waals surface area contributed by atoms with Crippen LogP contribution in [0.4, 0.5) is 0 Å². The van der Waals surface area contributed by atoms with Crippen LogP contribution in [0.3, 0.4) is 0 Å². The van der Waals surface area contributed by atoms with E-state index in [0.29, 0.717) is 5.92 Å². The van der Waals surface area contributed by atoms with E-state index >= 15 is 0 Å². The predicted octanol–water partition coefficient (Wildman–Crippen LogP) is 3.12. The van der Waals surface area contributed by atoms with Crippen molar-refractivity contribution in [2.75, 3.05) is 0 Å². The Morgan fingerprint density at radius 2 is 2.20 bits per heavy atom. The highest BCUT2D eigenvalue weighted by molar-refractivity contribution is 5.25. The molecule has 1 heterocycles. The predicted molar refractivity (Wildman–Crippen MR) is 64.1 cm³/mol. The van der Waals surface area contributed by atoms with Crippen LogP contribution in [0.15, 0.2) is 35.8 Å². The molecule has 1 rings (SSSR count). The lowest BCUT2D eigenvalue weighted by Gasteiger charge is -2.13. The summed E-state index contributed by atoms with van der Waals surface area (Å²) in [6.45, 7) is 6.39. The maximum atomic E-state index is 5.91. The molecule has 0 amide bonds. The second kappa shape index (κ2) is 5.64. The molecule has 0 aromatic rings. The van der Waals surface area contributed by atoms with Crippen LogP contribution >= 0.6 is 0 Å². The van der Waals surface area contributed by atoms with Gasteiger partial charge in [0.2, 0.25) is 0 Å². The Bertz CT molecular complexity index is 287. The van der Waals surface area contributed by atoms with Crippen molar-refractivity contribution in [3.8, 4) is 0 Å². The van der Waals surface area contributed by atoms with Gasteiger partial charge in [-0.1, -0.05) is 32.1 Å². The monoisotopic (exact) mass is 207 g/mol. The summed E-state index contributed by atoms with van der Waals surface area (Å²) in [5.41, 5.74) is 6.78. The quantitative estimate of drug-likeness (QED) is 0.719. The number of rotatable bonds is 4. The molecule has 1 atom stereocenters. The molecule has 84 valence electrons. The molecule has 0 aliphatic carbocycles. The highest BCUT2D eigenvalue weighted by Gasteiger charge is 2.22. The molecule has 0 aromatic carbocycles. The van der Waals surface area contributed by atoms with Crippen LogP contribution in [0, 0.1) is 5.92 Å². The lowest BCUT2D eigenvalue weighted by molar-refractivity contribution is 0.130. The lowest BCUT2D eigenvalue weighted by Crippen LogP contribution is -2.10.